The van der Waals surface area contributed by atoms with Crippen LogP contribution in [0.1, 0.15) is 25.3 Å². The summed E-state index contributed by atoms with van der Waals surface area (Å²) in [4.78, 5) is 13.0. The van der Waals surface area contributed by atoms with Crippen molar-refractivity contribution in [3.63, 3.8) is 0 Å². The van der Waals surface area contributed by atoms with Gasteiger partial charge in [-0.15, -0.1) is 0 Å². The number of anilines is 1. The predicted octanol–water partition coefficient (Wildman–Crippen LogP) is 4.10. The summed E-state index contributed by atoms with van der Waals surface area (Å²) in [6, 6.07) is 9.88. The van der Waals surface area contributed by atoms with E-state index in [0.29, 0.717) is 41.7 Å². The van der Waals surface area contributed by atoms with Gasteiger partial charge in [0.15, 0.2) is 0 Å². The largest absolute Gasteiger partial charge is 0.495 e. The average molecular weight is 467 g/mol. The van der Waals surface area contributed by atoms with Crippen LogP contribution in [0.4, 0.5) is 5.69 Å². The Morgan fingerprint density at radius 3 is 2.45 bits per heavy atom. The molecule has 1 N–H and O–H groups in total. The standard InChI is InChI=1S/C22H27ClN2O5S/c1-4-30-20-8-6-18(13-15(20)2)31(27,28)25-11-9-16(10-12-25)22(26)24-19-14-17(23)5-7-21(19)29-3/h5-8,13-14,16H,4,9-12H2,1-3H3,(H,24,26). The Balaban J connectivity index is 1.65. The number of amides is 1. The molecule has 1 heterocycles. The third-order valence-electron chi connectivity index (χ3n) is 5.33. The van der Waals surface area contributed by atoms with E-state index in [0.717, 1.165) is 5.56 Å². The van der Waals surface area contributed by atoms with Crippen LogP contribution in [0.15, 0.2) is 41.3 Å². The highest BCUT2D eigenvalue weighted by molar-refractivity contribution is 7.89. The number of rotatable bonds is 7. The maximum atomic E-state index is 13.1. The van der Waals surface area contributed by atoms with Gasteiger partial charge in [0.2, 0.25) is 15.9 Å². The zero-order valence-corrected chi connectivity index (χ0v) is 19.4. The van der Waals surface area contributed by atoms with Crippen molar-refractivity contribution < 1.29 is 22.7 Å². The Bertz CT molecular complexity index is 1050. The Morgan fingerprint density at radius 2 is 1.84 bits per heavy atom. The highest BCUT2D eigenvalue weighted by Gasteiger charge is 2.32. The van der Waals surface area contributed by atoms with E-state index in [2.05, 4.69) is 5.32 Å². The van der Waals surface area contributed by atoms with Crippen LogP contribution in [0.2, 0.25) is 5.02 Å². The number of carbonyl (C=O) groups excluding carboxylic acids is 1. The van der Waals surface area contributed by atoms with Gasteiger partial charge in [-0.2, -0.15) is 4.31 Å². The molecular weight excluding hydrogens is 440 g/mol. The van der Waals surface area contributed by atoms with Crippen molar-refractivity contribution in [2.45, 2.75) is 31.6 Å². The van der Waals surface area contributed by atoms with E-state index in [9.17, 15) is 13.2 Å². The number of methoxy groups -OCH3 is 1. The molecule has 3 rings (SSSR count). The Labute approximate surface area is 188 Å². The minimum absolute atomic E-state index is 0.172. The van der Waals surface area contributed by atoms with Crippen LogP contribution >= 0.6 is 11.6 Å². The molecular formula is C22H27ClN2O5S. The molecule has 0 aliphatic carbocycles. The average Bonchev–Trinajstić information content (AvgIpc) is 2.75. The number of aryl methyl sites for hydroxylation is 1. The van der Waals surface area contributed by atoms with Crippen molar-refractivity contribution in [2.75, 3.05) is 32.1 Å². The van der Waals surface area contributed by atoms with E-state index in [1.165, 1.54) is 11.4 Å². The molecule has 0 unspecified atom stereocenters. The highest BCUT2D eigenvalue weighted by Crippen LogP contribution is 2.31. The Hall–Kier alpha value is -2.29. The fraction of sp³-hybridized carbons (Fsp3) is 0.409. The lowest BCUT2D eigenvalue weighted by Crippen LogP contribution is -2.41. The minimum Gasteiger partial charge on any atom is -0.495 e. The quantitative estimate of drug-likeness (QED) is 0.664. The molecule has 1 fully saturated rings. The number of halogens is 1. The zero-order valence-electron chi connectivity index (χ0n) is 17.9. The molecule has 1 saturated heterocycles. The predicted molar refractivity (Wildman–Crippen MR) is 120 cm³/mol. The summed E-state index contributed by atoms with van der Waals surface area (Å²) in [6.07, 6.45) is 0.869. The molecule has 0 bridgehead atoms. The normalized spacial score (nSPS) is 15.5. The lowest BCUT2D eigenvalue weighted by atomic mass is 9.97. The zero-order chi connectivity index (χ0) is 22.6. The number of ether oxygens (including phenoxy) is 2. The van der Waals surface area contributed by atoms with Crippen LogP contribution < -0.4 is 14.8 Å². The molecule has 1 aliphatic heterocycles. The van der Waals surface area contributed by atoms with E-state index in [4.69, 9.17) is 21.1 Å². The highest BCUT2D eigenvalue weighted by atomic mass is 35.5. The van der Waals surface area contributed by atoms with E-state index in [-0.39, 0.29) is 29.8 Å². The van der Waals surface area contributed by atoms with Gasteiger partial charge in [0.05, 0.1) is 24.3 Å². The van der Waals surface area contributed by atoms with Crippen LogP contribution in [0.5, 0.6) is 11.5 Å². The van der Waals surface area contributed by atoms with E-state index >= 15 is 0 Å². The summed E-state index contributed by atoms with van der Waals surface area (Å²) in [5.74, 6) is 0.726. The number of sulfonamides is 1. The van der Waals surface area contributed by atoms with E-state index in [1.807, 2.05) is 13.8 Å². The molecule has 168 valence electrons. The van der Waals surface area contributed by atoms with Crippen molar-refractivity contribution in [1.29, 1.82) is 0 Å². The molecule has 0 aromatic heterocycles. The number of nitrogens with one attached hydrogen (secondary N) is 1. The van der Waals surface area contributed by atoms with Gasteiger partial charge in [-0.3, -0.25) is 4.79 Å². The van der Waals surface area contributed by atoms with Crippen LogP contribution in [-0.2, 0) is 14.8 Å². The first-order chi connectivity index (χ1) is 14.8. The summed E-state index contributed by atoms with van der Waals surface area (Å²) >= 11 is 6.02. The minimum atomic E-state index is -3.63. The summed E-state index contributed by atoms with van der Waals surface area (Å²) in [5, 5.41) is 3.34. The Morgan fingerprint density at radius 1 is 1.16 bits per heavy atom. The first-order valence-corrected chi connectivity index (χ1v) is 12.0. The number of benzene rings is 2. The van der Waals surface area contributed by atoms with Gasteiger partial charge >= 0.3 is 0 Å². The molecule has 2 aromatic carbocycles. The van der Waals surface area contributed by atoms with Crippen LogP contribution in [0, 0.1) is 12.8 Å². The molecule has 0 atom stereocenters. The fourth-order valence-electron chi connectivity index (χ4n) is 3.62. The number of hydrogen-bond acceptors (Lipinski definition) is 5. The summed E-state index contributed by atoms with van der Waals surface area (Å²) < 4.78 is 38.3. The van der Waals surface area contributed by atoms with Crippen molar-refractivity contribution in [1.82, 2.24) is 4.31 Å². The second-order valence-corrected chi connectivity index (χ2v) is 9.75. The van der Waals surface area contributed by atoms with Crippen molar-refractivity contribution in [3.8, 4) is 11.5 Å². The molecule has 31 heavy (non-hydrogen) atoms. The summed E-state index contributed by atoms with van der Waals surface area (Å²) in [6.45, 7) is 4.78. The SMILES string of the molecule is CCOc1ccc(S(=O)(=O)N2CCC(C(=O)Nc3cc(Cl)ccc3OC)CC2)cc1C. The lowest BCUT2D eigenvalue weighted by molar-refractivity contribution is -0.120. The van der Waals surface area contributed by atoms with Gasteiger partial charge in [0, 0.05) is 24.0 Å². The molecule has 0 spiro atoms. The summed E-state index contributed by atoms with van der Waals surface area (Å²) in [7, 11) is -2.11. The Kier molecular flexibility index (Phi) is 7.46. The number of piperidine rings is 1. The van der Waals surface area contributed by atoms with Gasteiger partial charge in [-0.05, 0) is 68.7 Å². The van der Waals surface area contributed by atoms with Gasteiger partial charge < -0.3 is 14.8 Å². The van der Waals surface area contributed by atoms with E-state index < -0.39 is 10.0 Å². The first kappa shape index (κ1) is 23.4. The van der Waals surface area contributed by atoms with Gasteiger partial charge in [0.25, 0.3) is 0 Å². The molecule has 9 heteroatoms. The molecule has 2 aromatic rings. The van der Waals surface area contributed by atoms with Gasteiger partial charge in [-0.25, -0.2) is 8.42 Å². The monoisotopic (exact) mass is 466 g/mol. The van der Waals surface area contributed by atoms with Crippen LogP contribution in [0.3, 0.4) is 0 Å². The molecule has 1 aliphatic rings. The number of hydrogen-bond donors (Lipinski definition) is 1. The topological polar surface area (TPSA) is 84.9 Å². The van der Waals surface area contributed by atoms with Crippen molar-refractivity contribution in [3.05, 3.63) is 47.0 Å². The molecule has 1 amide bonds. The van der Waals surface area contributed by atoms with E-state index in [1.54, 1.807) is 36.4 Å². The van der Waals surface area contributed by atoms with Crippen LogP contribution in [0.25, 0.3) is 0 Å². The van der Waals surface area contributed by atoms with Gasteiger partial charge in [0.1, 0.15) is 11.5 Å². The maximum Gasteiger partial charge on any atom is 0.243 e. The number of nitrogens with zero attached hydrogens (tertiary/aromatic N) is 1. The third-order valence-corrected chi connectivity index (χ3v) is 7.46. The fourth-order valence-corrected chi connectivity index (χ4v) is 5.35. The van der Waals surface area contributed by atoms with Crippen molar-refractivity contribution >= 4 is 33.2 Å². The summed E-state index contributed by atoms with van der Waals surface area (Å²) in [5.41, 5.74) is 1.27. The lowest BCUT2D eigenvalue weighted by Gasteiger charge is -2.30. The third kappa shape index (κ3) is 5.31. The maximum absolute atomic E-state index is 13.1. The van der Waals surface area contributed by atoms with Crippen molar-refractivity contribution in [2.24, 2.45) is 5.92 Å². The van der Waals surface area contributed by atoms with Gasteiger partial charge in [-0.1, -0.05) is 11.6 Å². The molecule has 0 saturated carbocycles. The molecule has 0 radical (unpaired) electrons. The molecule has 7 nitrogen and oxygen atoms in total. The second-order valence-electron chi connectivity index (χ2n) is 7.37. The van der Waals surface area contributed by atoms with Crippen LogP contribution in [-0.4, -0.2) is 45.4 Å². The first-order valence-electron chi connectivity index (χ1n) is 10.1. The smallest absolute Gasteiger partial charge is 0.243 e. The second kappa shape index (κ2) is 9.89. The number of carbonyl (C=O) groups is 1.